The van der Waals surface area contributed by atoms with Crippen LogP contribution in [0, 0.1) is 0 Å². The van der Waals surface area contributed by atoms with Crippen LogP contribution in [0.2, 0.25) is 0 Å². The zero-order valence-electron chi connectivity index (χ0n) is 10.5. The predicted molar refractivity (Wildman–Crippen MR) is 66.5 cm³/mol. The highest BCUT2D eigenvalue weighted by Gasteiger charge is 2.15. The molecule has 17 heavy (non-hydrogen) atoms. The van der Waals surface area contributed by atoms with Crippen molar-refractivity contribution in [3.63, 3.8) is 0 Å². The van der Waals surface area contributed by atoms with E-state index in [9.17, 15) is 9.18 Å². The topological polar surface area (TPSA) is 37.3 Å². The predicted octanol–water partition coefficient (Wildman–Crippen LogP) is 3.77. The van der Waals surface area contributed by atoms with Crippen LogP contribution < -0.4 is 0 Å². The van der Waals surface area contributed by atoms with E-state index in [4.69, 9.17) is 5.11 Å². The lowest BCUT2D eigenvalue weighted by Gasteiger charge is -2.19. The van der Waals surface area contributed by atoms with Crippen LogP contribution in [-0.4, -0.2) is 11.1 Å². The fourth-order valence-corrected chi connectivity index (χ4v) is 1.51. The zero-order chi connectivity index (χ0) is 13.2. The van der Waals surface area contributed by atoms with Gasteiger partial charge in [-0.2, -0.15) is 4.39 Å². The lowest BCUT2D eigenvalue weighted by atomic mass is 9.86. The van der Waals surface area contributed by atoms with Gasteiger partial charge in [0.15, 0.2) is 0 Å². The van der Waals surface area contributed by atoms with Gasteiger partial charge in [-0.25, -0.2) is 4.79 Å². The van der Waals surface area contributed by atoms with Crippen LogP contribution in [0.25, 0.3) is 5.57 Å². The van der Waals surface area contributed by atoms with E-state index in [1.54, 1.807) is 12.1 Å². The molecule has 2 nitrogen and oxygen atoms in total. The Morgan fingerprint density at radius 1 is 1.18 bits per heavy atom. The van der Waals surface area contributed by atoms with Gasteiger partial charge in [0, 0.05) is 0 Å². The third-order valence-electron chi connectivity index (χ3n) is 2.70. The average molecular weight is 236 g/mol. The van der Waals surface area contributed by atoms with Gasteiger partial charge < -0.3 is 5.11 Å². The molecule has 1 aromatic carbocycles. The molecule has 0 aliphatic heterocycles. The highest BCUT2D eigenvalue weighted by Crippen LogP contribution is 2.25. The fraction of sp³-hybridized carbons (Fsp3) is 0.357. The second-order valence-electron chi connectivity index (χ2n) is 5.07. The van der Waals surface area contributed by atoms with Gasteiger partial charge >= 0.3 is 5.97 Å². The van der Waals surface area contributed by atoms with E-state index >= 15 is 0 Å². The van der Waals surface area contributed by atoms with Gasteiger partial charge in [-0.15, -0.1) is 0 Å². The van der Waals surface area contributed by atoms with E-state index in [2.05, 4.69) is 20.8 Å². The average Bonchev–Trinajstić information content (AvgIpc) is 2.26. The molecule has 0 heterocycles. The van der Waals surface area contributed by atoms with Crippen LogP contribution in [0.1, 0.15) is 38.8 Å². The van der Waals surface area contributed by atoms with Crippen molar-refractivity contribution in [2.45, 2.75) is 33.1 Å². The number of hydrogen-bond donors (Lipinski definition) is 1. The first-order valence-electron chi connectivity index (χ1n) is 5.44. The van der Waals surface area contributed by atoms with E-state index in [-0.39, 0.29) is 11.0 Å². The molecule has 92 valence electrons. The summed E-state index contributed by atoms with van der Waals surface area (Å²) in [6.45, 7) is 7.73. The third-order valence-corrected chi connectivity index (χ3v) is 2.70. The van der Waals surface area contributed by atoms with Crippen LogP contribution >= 0.6 is 0 Å². The summed E-state index contributed by atoms with van der Waals surface area (Å²) in [6.07, 6.45) is 0. The molecule has 1 N–H and O–H groups in total. The lowest BCUT2D eigenvalue weighted by molar-refractivity contribution is -0.134. The Morgan fingerprint density at radius 2 is 1.65 bits per heavy atom. The summed E-state index contributed by atoms with van der Waals surface area (Å²) >= 11 is 0. The lowest BCUT2D eigenvalue weighted by Crippen LogP contribution is -2.10. The molecular weight excluding hydrogens is 219 g/mol. The van der Waals surface area contributed by atoms with Crippen molar-refractivity contribution in [3.05, 3.63) is 41.2 Å². The van der Waals surface area contributed by atoms with E-state index in [1.807, 2.05) is 12.1 Å². The first-order chi connectivity index (χ1) is 7.73. The number of carboxylic acid groups (broad SMARTS) is 1. The van der Waals surface area contributed by atoms with E-state index in [0.717, 1.165) is 5.56 Å². The smallest absolute Gasteiger partial charge is 0.365 e. The molecule has 0 spiro atoms. The number of rotatable bonds is 2. The van der Waals surface area contributed by atoms with Crippen LogP contribution in [0.4, 0.5) is 4.39 Å². The Kier molecular flexibility index (Phi) is 3.71. The number of benzene rings is 1. The van der Waals surface area contributed by atoms with Crippen molar-refractivity contribution < 1.29 is 14.3 Å². The van der Waals surface area contributed by atoms with Crippen molar-refractivity contribution in [1.29, 1.82) is 0 Å². The molecule has 3 heteroatoms. The number of carboxylic acids is 1. The third kappa shape index (κ3) is 3.16. The SMILES string of the molecule is C/C(=C(/F)C(=O)O)c1ccc(C(C)(C)C)cc1. The van der Waals surface area contributed by atoms with E-state index < -0.39 is 11.8 Å². The summed E-state index contributed by atoms with van der Waals surface area (Å²) in [5.74, 6) is -2.63. The molecule has 0 unspecified atom stereocenters. The molecule has 0 aromatic heterocycles. The first kappa shape index (κ1) is 13.4. The van der Waals surface area contributed by atoms with Crippen molar-refractivity contribution in [3.8, 4) is 0 Å². The molecule has 0 saturated carbocycles. The monoisotopic (exact) mass is 236 g/mol. The molecule has 1 aromatic rings. The molecule has 0 amide bonds. The molecule has 0 radical (unpaired) electrons. The highest BCUT2D eigenvalue weighted by atomic mass is 19.1. The minimum atomic E-state index is -1.53. The highest BCUT2D eigenvalue weighted by molar-refractivity contribution is 5.93. The molecular formula is C14H17FO2. The number of hydrogen-bond acceptors (Lipinski definition) is 1. The fourth-order valence-electron chi connectivity index (χ4n) is 1.51. The summed E-state index contributed by atoms with van der Waals surface area (Å²) in [5, 5.41) is 8.56. The second kappa shape index (κ2) is 4.70. The van der Waals surface area contributed by atoms with Crippen molar-refractivity contribution in [2.24, 2.45) is 0 Å². The van der Waals surface area contributed by atoms with Crippen molar-refractivity contribution in [2.75, 3.05) is 0 Å². The van der Waals surface area contributed by atoms with Crippen LogP contribution in [-0.2, 0) is 10.2 Å². The minimum Gasteiger partial charge on any atom is -0.476 e. The molecule has 0 bridgehead atoms. The number of aliphatic carboxylic acids is 1. The normalized spacial score (nSPS) is 13.2. The largest absolute Gasteiger partial charge is 0.476 e. The van der Waals surface area contributed by atoms with Crippen LogP contribution in [0.3, 0.4) is 0 Å². The van der Waals surface area contributed by atoms with Gasteiger partial charge in [0.25, 0.3) is 0 Å². The second-order valence-corrected chi connectivity index (χ2v) is 5.07. The standard InChI is InChI=1S/C14H17FO2/c1-9(12(15)13(16)17)10-5-7-11(8-6-10)14(2,3)4/h5-8H,1-4H3,(H,16,17)/b12-9-. The Balaban J connectivity index is 3.12. The van der Waals surface area contributed by atoms with Crippen LogP contribution in [0.5, 0.6) is 0 Å². The molecule has 0 saturated heterocycles. The summed E-state index contributed by atoms with van der Waals surface area (Å²) in [7, 11) is 0. The van der Waals surface area contributed by atoms with Gasteiger partial charge in [-0.05, 0) is 29.0 Å². The molecule has 0 aliphatic carbocycles. The maximum Gasteiger partial charge on any atom is 0.365 e. The zero-order valence-corrected chi connectivity index (χ0v) is 10.5. The van der Waals surface area contributed by atoms with E-state index in [1.165, 1.54) is 6.92 Å². The number of halogens is 1. The summed E-state index contributed by atoms with van der Waals surface area (Å²) in [6, 6.07) is 7.29. The molecule has 1 rings (SSSR count). The molecule has 0 aliphatic rings. The summed E-state index contributed by atoms with van der Waals surface area (Å²) < 4.78 is 13.2. The van der Waals surface area contributed by atoms with E-state index in [0.29, 0.717) is 5.56 Å². The number of carbonyl (C=O) groups is 1. The van der Waals surface area contributed by atoms with Crippen molar-refractivity contribution >= 4 is 11.5 Å². The summed E-state index contributed by atoms with van der Waals surface area (Å²) in [5.41, 5.74) is 1.90. The summed E-state index contributed by atoms with van der Waals surface area (Å²) in [4.78, 5) is 10.5. The Bertz CT molecular complexity index is 450. The van der Waals surface area contributed by atoms with Gasteiger partial charge in [-0.1, -0.05) is 45.0 Å². The molecule has 0 atom stereocenters. The van der Waals surface area contributed by atoms with Gasteiger partial charge in [0.1, 0.15) is 0 Å². The minimum absolute atomic E-state index is 0.0293. The Hall–Kier alpha value is -1.64. The van der Waals surface area contributed by atoms with Crippen LogP contribution in [0.15, 0.2) is 30.1 Å². The van der Waals surface area contributed by atoms with Gasteiger partial charge in [0.2, 0.25) is 5.83 Å². The Morgan fingerprint density at radius 3 is 2.00 bits per heavy atom. The maximum absolute atomic E-state index is 13.2. The molecule has 0 fully saturated rings. The van der Waals surface area contributed by atoms with Crippen molar-refractivity contribution in [1.82, 2.24) is 0 Å². The van der Waals surface area contributed by atoms with Gasteiger partial charge in [0.05, 0.1) is 0 Å². The Labute approximate surface area is 101 Å². The number of allylic oxidation sites excluding steroid dienone is 1. The first-order valence-corrected chi connectivity index (χ1v) is 5.44. The quantitative estimate of drug-likeness (QED) is 0.793. The van der Waals surface area contributed by atoms with Gasteiger partial charge in [-0.3, -0.25) is 0 Å². The maximum atomic E-state index is 13.2.